The van der Waals surface area contributed by atoms with Crippen molar-refractivity contribution in [2.45, 2.75) is 39.7 Å². The molecular formula is C27H31BrO6Si. The van der Waals surface area contributed by atoms with Crippen LogP contribution in [0.2, 0.25) is 5.04 Å². The Hall–Kier alpha value is -2.68. The maximum atomic E-state index is 12.3. The third-order valence-electron chi connectivity index (χ3n) is 5.78. The molecule has 3 rings (SSSR count). The average molecular weight is 560 g/mol. The summed E-state index contributed by atoms with van der Waals surface area (Å²) in [5.41, 5.74) is -1.31. The van der Waals surface area contributed by atoms with Crippen LogP contribution in [0.3, 0.4) is 0 Å². The van der Waals surface area contributed by atoms with Crippen molar-refractivity contribution in [1.29, 1.82) is 0 Å². The zero-order valence-corrected chi connectivity index (χ0v) is 23.2. The first kappa shape index (κ1) is 26.9. The molecule has 2 aromatic carbocycles. The van der Waals surface area contributed by atoms with E-state index in [1.807, 2.05) is 50.2 Å². The number of carboxylic acid groups (broad SMARTS) is 1. The Balaban J connectivity index is 1.90. The van der Waals surface area contributed by atoms with Gasteiger partial charge in [-0.1, -0.05) is 95.3 Å². The van der Waals surface area contributed by atoms with Gasteiger partial charge in [0.1, 0.15) is 0 Å². The first-order chi connectivity index (χ1) is 16.4. The molecule has 0 radical (unpaired) electrons. The fraction of sp³-hybridized carbons (Fsp3) is 0.333. The number of halogens is 1. The number of ether oxygens (including phenoxy) is 1. The summed E-state index contributed by atoms with van der Waals surface area (Å²) >= 11 is 3.22. The minimum atomic E-state index is -2.72. The lowest BCUT2D eigenvalue weighted by atomic mass is 9.97. The molecule has 0 spiro atoms. The van der Waals surface area contributed by atoms with Gasteiger partial charge in [-0.25, -0.2) is 9.59 Å². The summed E-state index contributed by atoms with van der Waals surface area (Å²) < 4.78 is 17.9. The Bertz CT molecular complexity index is 1180. The Morgan fingerprint density at radius 1 is 0.943 bits per heavy atom. The van der Waals surface area contributed by atoms with Crippen molar-refractivity contribution in [3.05, 3.63) is 87.4 Å². The number of hydrogen-bond acceptors (Lipinski definition) is 5. The van der Waals surface area contributed by atoms with Gasteiger partial charge in [-0.2, -0.15) is 0 Å². The zero-order valence-electron chi connectivity index (χ0n) is 20.6. The van der Waals surface area contributed by atoms with E-state index in [9.17, 15) is 9.59 Å². The van der Waals surface area contributed by atoms with Crippen LogP contribution in [0.4, 0.5) is 0 Å². The van der Waals surface area contributed by atoms with Crippen LogP contribution in [-0.4, -0.2) is 32.6 Å². The van der Waals surface area contributed by atoms with E-state index < -0.39 is 31.1 Å². The third-order valence-corrected chi connectivity index (χ3v) is 11.3. The van der Waals surface area contributed by atoms with Gasteiger partial charge < -0.3 is 18.7 Å². The Labute approximate surface area is 215 Å². The number of aromatic carboxylic acids is 1. The number of benzene rings is 2. The predicted molar refractivity (Wildman–Crippen MR) is 142 cm³/mol. The fourth-order valence-corrected chi connectivity index (χ4v) is 9.31. The largest absolute Gasteiger partial charge is 0.485 e. The van der Waals surface area contributed by atoms with E-state index in [-0.39, 0.29) is 21.9 Å². The van der Waals surface area contributed by atoms with Gasteiger partial charge >= 0.3 is 11.6 Å². The normalized spacial score (nSPS) is 12.4. The smallest absolute Gasteiger partial charge is 0.380 e. The van der Waals surface area contributed by atoms with Crippen molar-refractivity contribution >= 4 is 40.6 Å². The van der Waals surface area contributed by atoms with Crippen LogP contribution >= 0.6 is 15.9 Å². The maximum Gasteiger partial charge on any atom is 0.380 e. The molecule has 0 aliphatic carbocycles. The zero-order chi connectivity index (χ0) is 25.9. The first-order valence-corrected chi connectivity index (χ1v) is 14.0. The van der Waals surface area contributed by atoms with E-state index in [0.29, 0.717) is 6.61 Å². The van der Waals surface area contributed by atoms with E-state index in [2.05, 4.69) is 61.0 Å². The molecule has 0 amide bonds. The summed E-state index contributed by atoms with van der Waals surface area (Å²) in [6.45, 7) is 11.2. The standard InChI is InChI=1S/C27H31BrO6Si/c1-26(2,3)35(19-12-8-6-9-13-19,20-14-10-7-11-15-20)33-18-27(4,5)17-32-23-21(28)16-22(24(29)30)34-25(23)31/h6-16H,17-18H2,1-5H3,(H,29,30). The molecule has 1 heterocycles. The van der Waals surface area contributed by atoms with Crippen LogP contribution in [0.15, 0.2) is 80.4 Å². The summed E-state index contributed by atoms with van der Waals surface area (Å²) in [4.78, 5) is 23.4. The lowest BCUT2D eigenvalue weighted by Gasteiger charge is -2.44. The first-order valence-electron chi connectivity index (χ1n) is 11.3. The molecule has 0 fully saturated rings. The van der Waals surface area contributed by atoms with Crippen molar-refractivity contribution in [3.8, 4) is 5.75 Å². The lowest BCUT2D eigenvalue weighted by Crippen LogP contribution is -2.67. The molecule has 0 saturated carbocycles. The molecule has 186 valence electrons. The molecule has 0 bridgehead atoms. The van der Waals surface area contributed by atoms with Crippen LogP contribution in [0, 0.1) is 5.41 Å². The Kier molecular flexibility index (Phi) is 8.09. The van der Waals surface area contributed by atoms with Gasteiger partial charge in [0, 0.05) is 18.1 Å². The molecular weight excluding hydrogens is 528 g/mol. The summed E-state index contributed by atoms with van der Waals surface area (Å²) in [6.07, 6.45) is 0. The van der Waals surface area contributed by atoms with Gasteiger partial charge in [-0.05, 0) is 31.3 Å². The second-order valence-corrected chi connectivity index (χ2v) is 15.4. The second kappa shape index (κ2) is 10.5. The van der Waals surface area contributed by atoms with Gasteiger partial charge in [0.2, 0.25) is 11.5 Å². The molecule has 8 heteroatoms. The van der Waals surface area contributed by atoms with Gasteiger partial charge in [0.25, 0.3) is 8.32 Å². The van der Waals surface area contributed by atoms with Crippen molar-refractivity contribution in [1.82, 2.24) is 0 Å². The van der Waals surface area contributed by atoms with E-state index in [0.717, 1.165) is 0 Å². The topological polar surface area (TPSA) is 86.0 Å². The quantitative estimate of drug-likeness (QED) is 0.368. The predicted octanol–water partition coefficient (Wildman–Crippen LogP) is 5.08. The van der Waals surface area contributed by atoms with Crippen molar-refractivity contribution in [2.75, 3.05) is 13.2 Å². The minimum absolute atomic E-state index is 0.0616. The molecule has 1 aromatic heterocycles. The highest BCUT2D eigenvalue weighted by atomic mass is 79.9. The summed E-state index contributed by atoms with van der Waals surface area (Å²) in [5.74, 6) is -1.84. The minimum Gasteiger partial charge on any atom is -0.485 e. The van der Waals surface area contributed by atoms with Crippen LogP contribution < -0.4 is 20.7 Å². The summed E-state index contributed by atoms with van der Waals surface area (Å²) in [6, 6.07) is 22.0. The molecule has 0 aliphatic rings. The van der Waals surface area contributed by atoms with Crippen molar-refractivity contribution in [2.24, 2.45) is 5.41 Å². The highest BCUT2D eigenvalue weighted by molar-refractivity contribution is 9.10. The van der Waals surface area contributed by atoms with Crippen molar-refractivity contribution in [3.63, 3.8) is 0 Å². The molecule has 0 unspecified atom stereocenters. The molecule has 3 aromatic rings. The van der Waals surface area contributed by atoms with E-state index >= 15 is 0 Å². The Morgan fingerprint density at radius 3 is 1.89 bits per heavy atom. The van der Waals surface area contributed by atoms with Gasteiger partial charge in [0.15, 0.2) is 0 Å². The maximum absolute atomic E-state index is 12.3. The number of carboxylic acids is 1. The number of hydrogen-bond donors (Lipinski definition) is 1. The third kappa shape index (κ3) is 5.94. The van der Waals surface area contributed by atoms with Crippen LogP contribution in [0.1, 0.15) is 45.2 Å². The molecule has 0 saturated heterocycles. The lowest BCUT2D eigenvalue weighted by molar-refractivity contribution is 0.0653. The molecule has 6 nitrogen and oxygen atoms in total. The van der Waals surface area contributed by atoms with Gasteiger partial charge in [-0.15, -0.1) is 0 Å². The summed E-state index contributed by atoms with van der Waals surface area (Å²) in [5, 5.41) is 11.3. The van der Waals surface area contributed by atoms with Gasteiger partial charge in [0.05, 0.1) is 11.1 Å². The second-order valence-electron chi connectivity index (χ2n) is 10.3. The van der Waals surface area contributed by atoms with Crippen LogP contribution in [0.5, 0.6) is 5.75 Å². The van der Waals surface area contributed by atoms with Crippen LogP contribution in [0.25, 0.3) is 0 Å². The van der Waals surface area contributed by atoms with E-state index in [4.69, 9.17) is 18.7 Å². The monoisotopic (exact) mass is 558 g/mol. The fourth-order valence-electron chi connectivity index (χ4n) is 4.06. The number of carbonyl (C=O) groups is 1. The Morgan fingerprint density at radius 2 is 1.46 bits per heavy atom. The summed E-state index contributed by atoms with van der Waals surface area (Å²) in [7, 11) is -2.72. The highest BCUT2D eigenvalue weighted by Crippen LogP contribution is 2.38. The average Bonchev–Trinajstić information content (AvgIpc) is 2.79. The molecule has 1 N–H and O–H groups in total. The van der Waals surface area contributed by atoms with Crippen molar-refractivity contribution < 1.29 is 23.5 Å². The van der Waals surface area contributed by atoms with E-state index in [1.54, 1.807) is 0 Å². The molecule has 35 heavy (non-hydrogen) atoms. The highest BCUT2D eigenvalue weighted by Gasteiger charge is 2.50. The SMILES string of the molecule is CC(C)(COc1c(Br)cc(C(=O)O)oc1=O)CO[Si](c1ccccc1)(c1ccccc1)C(C)(C)C. The molecule has 0 aliphatic heterocycles. The van der Waals surface area contributed by atoms with E-state index in [1.165, 1.54) is 16.4 Å². The van der Waals surface area contributed by atoms with Gasteiger partial charge in [-0.3, -0.25) is 0 Å². The van der Waals surface area contributed by atoms with Crippen LogP contribution in [-0.2, 0) is 4.43 Å². The molecule has 0 atom stereocenters. The number of rotatable bonds is 9.